The first-order chi connectivity index (χ1) is 13.2. The van der Waals surface area contributed by atoms with E-state index in [1.54, 1.807) is 0 Å². The summed E-state index contributed by atoms with van der Waals surface area (Å²) in [4.78, 5) is 26.9. The van der Waals surface area contributed by atoms with Crippen molar-refractivity contribution in [2.45, 2.75) is 23.3 Å². The predicted octanol–water partition coefficient (Wildman–Crippen LogP) is 2.95. The van der Waals surface area contributed by atoms with Crippen molar-refractivity contribution in [2.75, 3.05) is 18.9 Å². The molecule has 2 aromatic heterocycles. The lowest BCUT2D eigenvalue weighted by atomic mass is 10.2. The molecule has 1 fully saturated rings. The molecule has 1 saturated heterocycles. The maximum Gasteiger partial charge on any atom is 0.252 e. The number of aromatic nitrogens is 3. The molecule has 1 atom stereocenters. The Labute approximate surface area is 167 Å². The summed E-state index contributed by atoms with van der Waals surface area (Å²) >= 11 is 3.42. The molecule has 0 aliphatic carbocycles. The number of carbonyl (C=O) groups excluding carboxylic acids is 1. The lowest BCUT2D eigenvalue weighted by molar-refractivity contribution is -0.106. The summed E-state index contributed by atoms with van der Waals surface area (Å²) in [6.07, 6.45) is 1.53. The van der Waals surface area contributed by atoms with E-state index in [0.29, 0.717) is 17.6 Å². The van der Waals surface area contributed by atoms with Gasteiger partial charge in [0.1, 0.15) is 0 Å². The molecule has 1 aromatic carbocycles. The quantitative estimate of drug-likeness (QED) is 0.380. The van der Waals surface area contributed by atoms with Gasteiger partial charge in [-0.15, -0.1) is 11.3 Å². The first-order valence-electron chi connectivity index (χ1n) is 8.18. The number of thiazole rings is 1. The molecule has 4 rings (SSSR count). The van der Waals surface area contributed by atoms with Gasteiger partial charge >= 0.3 is 0 Å². The molecule has 0 bridgehead atoms. The van der Waals surface area contributed by atoms with Gasteiger partial charge in [0.25, 0.3) is 5.12 Å². The number of nitrogens with zero attached hydrogens (tertiary/aromatic N) is 4. The second kappa shape index (κ2) is 8.30. The van der Waals surface area contributed by atoms with Gasteiger partial charge in [0, 0.05) is 18.1 Å². The first kappa shape index (κ1) is 18.3. The number of hydrogen-bond acceptors (Lipinski definition) is 11. The highest BCUT2D eigenvalue weighted by Gasteiger charge is 2.24. The number of para-hydroxylation sites is 1. The number of carbonyl (C=O) groups is 1. The van der Waals surface area contributed by atoms with Crippen LogP contribution in [-0.4, -0.2) is 44.5 Å². The van der Waals surface area contributed by atoms with Gasteiger partial charge in [0.05, 0.1) is 16.8 Å². The van der Waals surface area contributed by atoms with Gasteiger partial charge in [-0.3, -0.25) is 4.79 Å². The Morgan fingerprint density at radius 2 is 2.26 bits per heavy atom. The van der Waals surface area contributed by atoms with Gasteiger partial charge in [0.15, 0.2) is 15.6 Å². The van der Waals surface area contributed by atoms with E-state index < -0.39 is 0 Å². The number of ether oxygens (including phenoxy) is 1. The van der Waals surface area contributed by atoms with Crippen LogP contribution in [0.3, 0.4) is 0 Å². The fourth-order valence-electron chi connectivity index (χ4n) is 2.44. The molecular weight excluding hydrogens is 406 g/mol. The van der Waals surface area contributed by atoms with Crippen molar-refractivity contribution in [3.63, 3.8) is 0 Å². The lowest BCUT2D eigenvalue weighted by Gasteiger charge is -2.19. The number of nitrogen functional groups attached to an aromatic ring is 1. The number of rotatable bonds is 5. The van der Waals surface area contributed by atoms with Crippen molar-refractivity contribution < 1.29 is 14.4 Å². The summed E-state index contributed by atoms with van der Waals surface area (Å²) in [5, 5.41) is 3.97. The van der Waals surface area contributed by atoms with Gasteiger partial charge in [-0.05, 0) is 36.7 Å². The Morgan fingerprint density at radius 1 is 1.37 bits per heavy atom. The Balaban J connectivity index is 1.55. The maximum atomic E-state index is 12.8. The number of fused-ring (bicyclic) bond motifs is 1. The molecular formula is C16H15N5O3S3. The molecule has 1 unspecified atom stereocenters. The van der Waals surface area contributed by atoms with E-state index in [1.165, 1.54) is 11.3 Å². The van der Waals surface area contributed by atoms with Crippen LogP contribution in [-0.2, 0) is 14.4 Å². The normalized spacial score (nSPS) is 17.9. The second-order valence-electron chi connectivity index (χ2n) is 5.68. The van der Waals surface area contributed by atoms with E-state index >= 15 is 0 Å². The minimum Gasteiger partial charge on any atom is -0.389 e. The smallest absolute Gasteiger partial charge is 0.252 e. The Hall–Kier alpha value is -2.08. The van der Waals surface area contributed by atoms with Gasteiger partial charge < -0.3 is 15.3 Å². The van der Waals surface area contributed by atoms with Gasteiger partial charge in [-0.2, -0.15) is 9.36 Å². The highest BCUT2D eigenvalue weighted by molar-refractivity contribution is 8.16. The van der Waals surface area contributed by atoms with Crippen molar-refractivity contribution in [1.29, 1.82) is 0 Å². The van der Waals surface area contributed by atoms with Crippen LogP contribution in [0.4, 0.5) is 5.13 Å². The van der Waals surface area contributed by atoms with Crippen LogP contribution in [0, 0.1) is 0 Å². The number of benzene rings is 1. The lowest BCUT2D eigenvalue weighted by Crippen LogP contribution is -2.25. The van der Waals surface area contributed by atoms with Gasteiger partial charge in [-0.25, -0.2) is 4.98 Å². The summed E-state index contributed by atoms with van der Waals surface area (Å²) < 4.78 is 11.1. The van der Waals surface area contributed by atoms with Crippen LogP contribution in [0.5, 0.6) is 0 Å². The third kappa shape index (κ3) is 4.43. The number of anilines is 1. The second-order valence-corrected chi connectivity index (χ2v) is 8.71. The molecule has 140 valence electrons. The first-order valence-corrected chi connectivity index (χ1v) is 10.6. The van der Waals surface area contributed by atoms with E-state index in [0.717, 1.165) is 46.4 Å². The van der Waals surface area contributed by atoms with Crippen molar-refractivity contribution in [2.24, 2.45) is 5.16 Å². The van der Waals surface area contributed by atoms with Crippen molar-refractivity contribution in [3.8, 4) is 0 Å². The third-order valence-corrected chi connectivity index (χ3v) is 6.23. The van der Waals surface area contributed by atoms with Crippen molar-refractivity contribution in [1.82, 2.24) is 14.3 Å². The Morgan fingerprint density at radius 3 is 3.00 bits per heavy atom. The van der Waals surface area contributed by atoms with Crippen LogP contribution in [0.1, 0.15) is 18.7 Å². The van der Waals surface area contributed by atoms with E-state index in [4.69, 9.17) is 15.3 Å². The number of thioether (sulfide) groups is 1. The Kier molecular flexibility index (Phi) is 5.62. The molecule has 27 heavy (non-hydrogen) atoms. The summed E-state index contributed by atoms with van der Waals surface area (Å²) in [6, 6.07) is 7.72. The van der Waals surface area contributed by atoms with E-state index in [9.17, 15) is 4.79 Å². The zero-order chi connectivity index (χ0) is 18.6. The number of nitrogens with two attached hydrogens (primary N) is 1. The third-order valence-electron chi connectivity index (χ3n) is 3.71. The monoisotopic (exact) mass is 421 g/mol. The van der Waals surface area contributed by atoms with Crippen molar-refractivity contribution >= 4 is 60.8 Å². The van der Waals surface area contributed by atoms with Crippen LogP contribution >= 0.6 is 34.6 Å². The highest BCUT2D eigenvalue weighted by atomic mass is 32.2. The molecule has 0 radical (unpaired) electrons. The molecule has 0 spiro atoms. The molecule has 1 aliphatic rings. The highest BCUT2D eigenvalue weighted by Crippen LogP contribution is 2.30. The largest absolute Gasteiger partial charge is 0.389 e. The summed E-state index contributed by atoms with van der Waals surface area (Å²) in [5.41, 5.74) is 6.54. The van der Waals surface area contributed by atoms with Crippen LogP contribution in [0.2, 0.25) is 0 Å². The predicted molar refractivity (Wildman–Crippen MR) is 106 cm³/mol. The molecule has 0 amide bonds. The number of hydrogen-bond donors (Lipinski definition) is 1. The summed E-state index contributed by atoms with van der Waals surface area (Å²) in [6.45, 7) is 1.16. The molecule has 3 aromatic rings. The fourth-order valence-corrected chi connectivity index (χ4v) is 4.77. The van der Waals surface area contributed by atoms with Crippen molar-refractivity contribution in [3.05, 3.63) is 30.1 Å². The van der Waals surface area contributed by atoms with Gasteiger partial charge in [0.2, 0.25) is 11.5 Å². The van der Waals surface area contributed by atoms with Crippen LogP contribution in [0.25, 0.3) is 10.2 Å². The minimum atomic E-state index is -0.344. The zero-order valence-electron chi connectivity index (χ0n) is 14.0. The summed E-state index contributed by atoms with van der Waals surface area (Å²) in [5.74, 6) is 0.160. The molecule has 2 N–H and O–H groups in total. The molecule has 0 saturated carbocycles. The average Bonchev–Trinajstić information content (AvgIpc) is 3.28. The van der Waals surface area contributed by atoms with E-state index in [2.05, 4.69) is 19.5 Å². The Bertz CT molecular complexity index is 948. The SMILES string of the molecule is Nc1nc(/C(=N/OC2CCCOC2)C(=O)Sc2nc3ccccc3s2)ns1. The van der Waals surface area contributed by atoms with E-state index in [-0.39, 0.29) is 27.9 Å². The molecule has 3 heterocycles. The number of oxime groups is 1. The maximum absolute atomic E-state index is 12.8. The minimum absolute atomic E-state index is 0.0257. The van der Waals surface area contributed by atoms with Crippen LogP contribution in [0.15, 0.2) is 33.8 Å². The summed E-state index contributed by atoms with van der Waals surface area (Å²) in [7, 11) is 0. The average molecular weight is 422 g/mol. The molecule has 1 aliphatic heterocycles. The van der Waals surface area contributed by atoms with Crippen LogP contribution < -0.4 is 5.73 Å². The fraction of sp³-hybridized carbons (Fsp3) is 0.312. The van der Waals surface area contributed by atoms with E-state index in [1.807, 2.05) is 24.3 Å². The molecule has 11 heteroatoms. The molecule has 8 nitrogen and oxygen atoms in total. The standard InChI is InChI=1S/C16H15N5O3S3/c17-15-19-13(21-27-15)12(20-24-9-4-3-7-23-8-9)14(22)26-16-18-10-5-1-2-6-11(10)25-16/h1-2,5-6,9H,3-4,7-8H2,(H2,17,19,21)/b20-12-. The topological polar surface area (TPSA) is 113 Å². The zero-order valence-corrected chi connectivity index (χ0v) is 16.5. The van der Waals surface area contributed by atoms with Gasteiger partial charge in [-0.1, -0.05) is 17.3 Å².